The van der Waals surface area contributed by atoms with Crippen molar-refractivity contribution in [2.75, 3.05) is 32.8 Å². The Hall–Kier alpha value is -6.08. The highest BCUT2D eigenvalue weighted by molar-refractivity contribution is 7.13. The van der Waals surface area contributed by atoms with Crippen molar-refractivity contribution in [1.29, 1.82) is 0 Å². The number of hydrogen-bond donors (Lipinski definition) is 4. The Labute approximate surface area is 351 Å². The number of aromatic nitrogens is 5. The maximum atomic E-state index is 14.2. The fraction of sp³-hybridized carbons (Fsp3) is 0.378. The highest BCUT2D eigenvalue weighted by atomic mass is 32.1. The number of carbonyl (C=O) groups excluding carboxylic acids is 2. The van der Waals surface area contributed by atoms with Gasteiger partial charge in [-0.25, -0.2) is 4.98 Å². The second-order valence-electron chi connectivity index (χ2n) is 16.4. The molecule has 0 bridgehead atoms. The molecule has 3 aliphatic rings. The van der Waals surface area contributed by atoms with E-state index in [-0.39, 0.29) is 36.4 Å². The Morgan fingerprint density at radius 2 is 1.88 bits per heavy atom. The van der Waals surface area contributed by atoms with Crippen LogP contribution in [0.25, 0.3) is 32.7 Å². The van der Waals surface area contributed by atoms with Crippen LogP contribution in [0.15, 0.2) is 76.9 Å². The van der Waals surface area contributed by atoms with E-state index < -0.39 is 30.0 Å². The molecule has 2 aromatic carbocycles. The molecular formula is C45H46N8O6S. The molecule has 6 aromatic rings. The maximum absolute atomic E-state index is 14.2. The molecule has 0 spiro atoms. The summed E-state index contributed by atoms with van der Waals surface area (Å²) >= 11 is 1.56. The van der Waals surface area contributed by atoms with Crippen molar-refractivity contribution in [3.8, 4) is 45.7 Å². The molecule has 60 heavy (non-hydrogen) atoms. The number of piperidine rings is 1. The molecule has 0 radical (unpaired) electrons. The number of terminal acetylenes is 1. The second-order valence-corrected chi connectivity index (χ2v) is 17.3. The first-order valence-corrected chi connectivity index (χ1v) is 21.2. The number of para-hydroxylation sites is 1. The molecule has 308 valence electrons. The van der Waals surface area contributed by atoms with Crippen molar-refractivity contribution in [2.45, 2.75) is 57.2 Å². The molecule has 2 saturated heterocycles. The predicted molar refractivity (Wildman–Crippen MR) is 225 cm³/mol. The van der Waals surface area contributed by atoms with Crippen molar-refractivity contribution in [2.24, 2.45) is 17.8 Å². The van der Waals surface area contributed by atoms with E-state index in [4.69, 9.17) is 15.7 Å². The second kappa shape index (κ2) is 16.2. The number of fused-ring (bicyclic) bond motifs is 2. The van der Waals surface area contributed by atoms with Crippen LogP contribution in [-0.4, -0.2) is 102 Å². The summed E-state index contributed by atoms with van der Waals surface area (Å²) < 4.78 is 11.7. The molecule has 9 rings (SSSR count). The van der Waals surface area contributed by atoms with E-state index in [1.807, 2.05) is 69.4 Å². The minimum Gasteiger partial charge on any atom is -0.507 e. The monoisotopic (exact) mass is 826 g/mol. The van der Waals surface area contributed by atoms with E-state index in [1.165, 1.54) is 10.5 Å². The number of aromatic amines is 1. The molecule has 14 nitrogen and oxygen atoms in total. The lowest BCUT2D eigenvalue weighted by atomic mass is 9.91. The summed E-state index contributed by atoms with van der Waals surface area (Å²) in [4.78, 5) is 40.4. The predicted octanol–water partition coefficient (Wildman–Crippen LogP) is 5.67. The van der Waals surface area contributed by atoms with E-state index in [1.54, 1.807) is 35.0 Å². The molecular weight excluding hydrogens is 781 g/mol. The van der Waals surface area contributed by atoms with Crippen LogP contribution >= 0.6 is 11.3 Å². The first kappa shape index (κ1) is 39.4. The van der Waals surface area contributed by atoms with E-state index in [2.05, 4.69) is 41.5 Å². The number of benzene rings is 2. The molecule has 3 fully saturated rings. The number of phenols is 1. The number of carbonyl (C=O) groups is 2. The zero-order chi connectivity index (χ0) is 41.7. The molecule has 1 unspecified atom stereocenters. The van der Waals surface area contributed by atoms with Gasteiger partial charge < -0.3 is 34.7 Å². The summed E-state index contributed by atoms with van der Waals surface area (Å²) in [7, 11) is 0. The van der Waals surface area contributed by atoms with Crippen LogP contribution in [0.2, 0.25) is 0 Å². The SMILES string of the molecule is C#CC(NC(=O)[C@@H]1C[C@@H](O)CN1C(=O)[C@@H](c1cc(OCCN2C[C@@H]3[C@H](C2)[C@H]3c2c[nH]c3nnc(-c4ccccc4O)cc23)no1)C(C)C)c1ccc(-c2scnc2C)cc1. The standard InChI is InChI=1S/C45H46N8O6S/c1-5-34(26-10-12-27(13-11-26)42-25(4)47-23-60-42)48-44(56)36-16-28(54)20-53(36)45(57)40(24(2)3)38-18-39(51-59-38)58-15-14-52-21-32-33(22-52)41(32)31-19-46-43-30(31)17-35(49-50-43)29-8-6-7-9-37(29)55/h1,6-13,17-19,23-24,28,32-34,36,40-41,54-55H,14-16,20-22H2,2-4H3,(H,46,50)(H,48,56)/t28-,32-,33+,34?,36+,40-,41+/m1/s1. The van der Waals surface area contributed by atoms with Gasteiger partial charge in [0.15, 0.2) is 11.4 Å². The fourth-order valence-corrected chi connectivity index (χ4v) is 9.96. The number of nitrogens with one attached hydrogen (secondary N) is 2. The van der Waals surface area contributed by atoms with Gasteiger partial charge in [-0.2, -0.15) is 0 Å². The minimum atomic E-state index is -0.917. The third-order valence-corrected chi connectivity index (χ3v) is 13.2. The Morgan fingerprint density at radius 1 is 1.10 bits per heavy atom. The summed E-state index contributed by atoms with van der Waals surface area (Å²) in [6, 6.07) is 16.8. The van der Waals surface area contributed by atoms with Crippen molar-refractivity contribution in [1.82, 2.24) is 40.4 Å². The summed E-state index contributed by atoms with van der Waals surface area (Å²) in [5.41, 5.74) is 7.77. The van der Waals surface area contributed by atoms with Gasteiger partial charge in [-0.1, -0.05) is 56.2 Å². The lowest BCUT2D eigenvalue weighted by Gasteiger charge is -2.29. The molecule has 2 aliphatic heterocycles. The van der Waals surface area contributed by atoms with E-state index in [0.29, 0.717) is 47.9 Å². The van der Waals surface area contributed by atoms with Crippen molar-refractivity contribution in [3.05, 3.63) is 95.0 Å². The van der Waals surface area contributed by atoms with Crippen LogP contribution in [-0.2, 0) is 9.59 Å². The van der Waals surface area contributed by atoms with Gasteiger partial charge in [0.05, 0.1) is 27.9 Å². The third-order valence-electron chi connectivity index (χ3n) is 12.3. The summed E-state index contributed by atoms with van der Waals surface area (Å²) in [5.74, 6) is 3.21. The van der Waals surface area contributed by atoms with Crippen molar-refractivity contribution in [3.63, 3.8) is 0 Å². The molecule has 1 saturated carbocycles. The van der Waals surface area contributed by atoms with Gasteiger partial charge in [-0.15, -0.1) is 28.0 Å². The number of aromatic hydroxyl groups is 1. The minimum absolute atomic E-state index is 0.00755. The Bertz CT molecular complexity index is 2570. The maximum Gasteiger partial charge on any atom is 0.254 e. The first-order chi connectivity index (χ1) is 29.1. The number of nitrogens with zero attached hydrogens (tertiary/aromatic N) is 6. The van der Waals surface area contributed by atoms with Gasteiger partial charge >= 0.3 is 0 Å². The van der Waals surface area contributed by atoms with E-state index in [0.717, 1.165) is 45.8 Å². The van der Waals surface area contributed by atoms with Crippen molar-refractivity contribution < 1.29 is 29.1 Å². The fourth-order valence-electron chi connectivity index (χ4n) is 9.15. The highest BCUT2D eigenvalue weighted by Crippen LogP contribution is 2.59. The number of likely N-dealkylation sites (tertiary alicyclic amines) is 2. The molecule has 1 aliphatic carbocycles. The normalized spacial score (nSPS) is 22.1. The number of phenolic OH excluding ortho intramolecular Hbond substituents is 1. The number of aliphatic hydroxyl groups is 1. The van der Waals surface area contributed by atoms with E-state index in [9.17, 15) is 19.8 Å². The Balaban J connectivity index is 0.790. The number of amides is 2. The number of β-amino-alcohol motifs (C(OH)–C–C–N with tert-alkyl or cyclic N) is 1. The topological polar surface area (TPSA) is 183 Å². The smallest absolute Gasteiger partial charge is 0.254 e. The van der Waals surface area contributed by atoms with Crippen LogP contribution in [0, 0.1) is 37.0 Å². The average molecular weight is 827 g/mol. The number of aliphatic hydroxyl groups excluding tert-OH is 1. The number of rotatable bonds is 13. The summed E-state index contributed by atoms with van der Waals surface area (Å²) in [6.45, 7) is 8.77. The zero-order valence-corrected chi connectivity index (χ0v) is 34.3. The van der Waals surface area contributed by atoms with Crippen LogP contribution in [0.1, 0.15) is 60.7 Å². The number of aryl methyl sites for hydroxylation is 1. The van der Waals surface area contributed by atoms with E-state index >= 15 is 0 Å². The van der Waals surface area contributed by atoms with Gasteiger partial charge in [0.25, 0.3) is 5.88 Å². The molecule has 15 heteroatoms. The molecule has 6 heterocycles. The summed E-state index contributed by atoms with van der Waals surface area (Å²) in [6.07, 6.45) is 7.15. The van der Waals surface area contributed by atoms with Crippen LogP contribution in [0.3, 0.4) is 0 Å². The van der Waals surface area contributed by atoms with Crippen molar-refractivity contribution >= 4 is 34.2 Å². The van der Waals surface area contributed by atoms with Crippen LogP contribution in [0.4, 0.5) is 0 Å². The Morgan fingerprint density at radius 3 is 2.60 bits per heavy atom. The number of thiazole rings is 1. The van der Waals surface area contributed by atoms with Gasteiger partial charge in [0, 0.05) is 55.8 Å². The van der Waals surface area contributed by atoms with Crippen LogP contribution < -0.4 is 10.1 Å². The average Bonchev–Trinajstić information content (AvgIpc) is 3.94. The number of ether oxygens (including phenoxy) is 1. The molecule has 2 amide bonds. The molecule has 7 atom stereocenters. The lowest BCUT2D eigenvalue weighted by Crippen LogP contribution is -2.48. The van der Waals surface area contributed by atoms with Gasteiger partial charge in [-0.05, 0) is 70.6 Å². The third kappa shape index (κ3) is 7.51. The Kier molecular flexibility index (Phi) is 10.6. The van der Waals surface area contributed by atoms with Gasteiger partial charge in [0.1, 0.15) is 30.4 Å². The quantitative estimate of drug-likeness (QED) is 0.105. The highest BCUT2D eigenvalue weighted by Gasteiger charge is 2.56. The molecule has 4 N–H and O–H groups in total. The summed E-state index contributed by atoms with van der Waals surface area (Å²) in [5, 5.41) is 37.9. The zero-order valence-electron chi connectivity index (χ0n) is 33.5. The van der Waals surface area contributed by atoms with Crippen LogP contribution in [0.5, 0.6) is 11.6 Å². The first-order valence-electron chi connectivity index (χ1n) is 20.3. The molecule has 4 aromatic heterocycles. The number of H-pyrrole nitrogens is 1. The largest absolute Gasteiger partial charge is 0.507 e. The lowest BCUT2D eigenvalue weighted by molar-refractivity contribution is -0.141. The van der Waals surface area contributed by atoms with Gasteiger partial charge in [0.2, 0.25) is 11.8 Å². The number of hydrogen-bond acceptors (Lipinski definition) is 12. The van der Waals surface area contributed by atoms with Gasteiger partial charge in [-0.3, -0.25) is 14.5 Å².